The molecular formula is C31H28N2O8S. The zero-order valence-corrected chi connectivity index (χ0v) is 23.9. The standard InChI is InChI=1S/C31H28N2O8S/c1-21-9-16-26(17-10-21)42(37,38)33(23-12-14-25(15-13-23)41-24-7-5-4-6-8-24)20-29(34)32-28-19-22(30(35)39-2)11-18-27(28)31(36)40-3/h4-19H,20H2,1-3H3,(H,32,34). The molecule has 0 fully saturated rings. The van der Waals surface area contributed by atoms with E-state index in [1.807, 2.05) is 25.1 Å². The van der Waals surface area contributed by atoms with Crippen molar-refractivity contribution in [2.24, 2.45) is 0 Å². The first kappa shape index (κ1) is 29.8. The molecule has 0 spiro atoms. The monoisotopic (exact) mass is 588 g/mol. The lowest BCUT2D eigenvalue weighted by Gasteiger charge is -2.24. The Kier molecular flexibility index (Phi) is 9.23. The topological polar surface area (TPSA) is 128 Å². The van der Waals surface area contributed by atoms with Gasteiger partial charge in [-0.05, 0) is 73.7 Å². The third-order valence-electron chi connectivity index (χ3n) is 6.12. The van der Waals surface area contributed by atoms with E-state index in [4.69, 9.17) is 14.2 Å². The van der Waals surface area contributed by atoms with Crippen molar-refractivity contribution in [1.29, 1.82) is 0 Å². The van der Waals surface area contributed by atoms with Gasteiger partial charge in [-0.1, -0.05) is 35.9 Å². The van der Waals surface area contributed by atoms with E-state index < -0.39 is 34.4 Å². The van der Waals surface area contributed by atoms with Crippen molar-refractivity contribution in [2.75, 3.05) is 30.4 Å². The Morgan fingerprint density at radius 3 is 2.00 bits per heavy atom. The summed E-state index contributed by atoms with van der Waals surface area (Å²) < 4.78 is 43.9. The summed E-state index contributed by atoms with van der Waals surface area (Å²) in [6, 6.07) is 25.4. The van der Waals surface area contributed by atoms with E-state index in [1.54, 1.807) is 36.4 Å². The van der Waals surface area contributed by atoms with Crippen LogP contribution in [0.5, 0.6) is 11.5 Å². The van der Waals surface area contributed by atoms with E-state index in [2.05, 4.69) is 5.32 Å². The van der Waals surface area contributed by atoms with Crippen LogP contribution in [0.3, 0.4) is 0 Å². The van der Waals surface area contributed by atoms with Crippen LogP contribution in [-0.4, -0.2) is 47.0 Å². The molecular weight excluding hydrogens is 560 g/mol. The number of amides is 1. The van der Waals surface area contributed by atoms with Crippen LogP contribution in [0.1, 0.15) is 26.3 Å². The van der Waals surface area contributed by atoms with Gasteiger partial charge >= 0.3 is 11.9 Å². The van der Waals surface area contributed by atoms with Gasteiger partial charge in [-0.3, -0.25) is 9.10 Å². The number of para-hydroxylation sites is 1. The number of carbonyl (C=O) groups excluding carboxylic acids is 3. The number of carbonyl (C=O) groups is 3. The maximum Gasteiger partial charge on any atom is 0.339 e. The molecule has 4 aromatic carbocycles. The Bertz CT molecular complexity index is 1690. The van der Waals surface area contributed by atoms with E-state index in [0.717, 1.165) is 9.87 Å². The lowest BCUT2D eigenvalue weighted by molar-refractivity contribution is -0.114. The number of hydrogen-bond donors (Lipinski definition) is 1. The van der Waals surface area contributed by atoms with Gasteiger partial charge in [0.2, 0.25) is 5.91 Å². The fourth-order valence-electron chi connectivity index (χ4n) is 3.96. The molecule has 0 unspecified atom stereocenters. The zero-order valence-electron chi connectivity index (χ0n) is 23.1. The van der Waals surface area contributed by atoms with E-state index >= 15 is 0 Å². The summed E-state index contributed by atoms with van der Waals surface area (Å²) in [6.07, 6.45) is 0. The second kappa shape index (κ2) is 13.0. The van der Waals surface area contributed by atoms with Gasteiger partial charge in [-0.15, -0.1) is 0 Å². The fourth-order valence-corrected chi connectivity index (χ4v) is 5.38. The van der Waals surface area contributed by atoms with Crippen molar-refractivity contribution in [3.05, 3.63) is 114 Å². The summed E-state index contributed by atoms with van der Waals surface area (Å²) in [4.78, 5) is 37.7. The molecule has 11 heteroatoms. The average molecular weight is 589 g/mol. The third-order valence-corrected chi connectivity index (χ3v) is 7.91. The average Bonchev–Trinajstić information content (AvgIpc) is 3.00. The van der Waals surface area contributed by atoms with Crippen LogP contribution in [0.2, 0.25) is 0 Å². The second-order valence-corrected chi connectivity index (χ2v) is 10.9. The molecule has 1 N–H and O–H groups in total. The summed E-state index contributed by atoms with van der Waals surface area (Å²) in [5.74, 6) is -1.17. The molecule has 0 saturated carbocycles. The van der Waals surface area contributed by atoms with Crippen LogP contribution in [0.4, 0.5) is 11.4 Å². The maximum absolute atomic E-state index is 13.8. The van der Waals surface area contributed by atoms with Gasteiger partial charge in [0.05, 0.1) is 41.6 Å². The molecule has 0 aliphatic carbocycles. The van der Waals surface area contributed by atoms with Gasteiger partial charge in [0.15, 0.2) is 0 Å². The number of benzene rings is 4. The minimum atomic E-state index is -4.22. The van der Waals surface area contributed by atoms with Crippen LogP contribution in [0.15, 0.2) is 102 Å². The van der Waals surface area contributed by atoms with Gasteiger partial charge < -0.3 is 19.5 Å². The number of aryl methyl sites for hydroxylation is 1. The molecule has 0 aliphatic heterocycles. The summed E-state index contributed by atoms with van der Waals surface area (Å²) in [6.45, 7) is 1.17. The van der Waals surface area contributed by atoms with Gasteiger partial charge in [0.1, 0.15) is 18.0 Å². The van der Waals surface area contributed by atoms with Crippen LogP contribution < -0.4 is 14.4 Å². The number of esters is 2. The molecule has 0 radical (unpaired) electrons. The Labute approximate surface area is 243 Å². The van der Waals surface area contributed by atoms with Gasteiger partial charge in [-0.25, -0.2) is 18.0 Å². The van der Waals surface area contributed by atoms with Crippen LogP contribution >= 0.6 is 0 Å². The molecule has 1 amide bonds. The Balaban J connectivity index is 1.68. The van der Waals surface area contributed by atoms with Crippen LogP contribution in [0.25, 0.3) is 0 Å². The normalized spacial score (nSPS) is 10.8. The van der Waals surface area contributed by atoms with Crippen molar-refractivity contribution in [3.63, 3.8) is 0 Å². The van der Waals surface area contributed by atoms with E-state index in [0.29, 0.717) is 11.5 Å². The van der Waals surface area contributed by atoms with Gasteiger partial charge in [0, 0.05) is 0 Å². The van der Waals surface area contributed by atoms with E-state index in [1.165, 1.54) is 56.7 Å². The number of anilines is 2. The quantitative estimate of drug-likeness (QED) is 0.251. The highest BCUT2D eigenvalue weighted by Crippen LogP contribution is 2.29. The first-order chi connectivity index (χ1) is 20.1. The summed E-state index contributed by atoms with van der Waals surface area (Å²) in [5.41, 5.74) is 1.05. The number of rotatable bonds is 10. The molecule has 216 valence electrons. The molecule has 42 heavy (non-hydrogen) atoms. The fraction of sp³-hybridized carbons (Fsp3) is 0.129. The van der Waals surface area contributed by atoms with Crippen molar-refractivity contribution in [2.45, 2.75) is 11.8 Å². The Morgan fingerprint density at radius 2 is 1.38 bits per heavy atom. The van der Waals surface area contributed by atoms with Crippen molar-refractivity contribution in [3.8, 4) is 11.5 Å². The molecule has 0 aromatic heterocycles. The van der Waals surface area contributed by atoms with Gasteiger partial charge in [0.25, 0.3) is 10.0 Å². The highest BCUT2D eigenvalue weighted by molar-refractivity contribution is 7.92. The minimum absolute atomic E-state index is 0.0200. The van der Waals surface area contributed by atoms with Crippen molar-refractivity contribution >= 4 is 39.2 Å². The molecule has 0 heterocycles. The third kappa shape index (κ3) is 6.94. The molecule has 4 rings (SSSR count). The maximum atomic E-state index is 13.8. The largest absolute Gasteiger partial charge is 0.465 e. The SMILES string of the molecule is COC(=O)c1ccc(C(=O)OC)c(NC(=O)CN(c2ccc(Oc3ccccc3)cc2)S(=O)(=O)c2ccc(C)cc2)c1. The Hall–Kier alpha value is -5.16. The predicted molar refractivity (Wildman–Crippen MR) is 156 cm³/mol. The lowest BCUT2D eigenvalue weighted by Crippen LogP contribution is -2.38. The van der Waals surface area contributed by atoms with Crippen LogP contribution in [0, 0.1) is 6.92 Å². The lowest BCUT2D eigenvalue weighted by atomic mass is 10.1. The molecule has 0 saturated heterocycles. The van der Waals surface area contributed by atoms with E-state index in [-0.39, 0.29) is 27.4 Å². The van der Waals surface area contributed by atoms with E-state index in [9.17, 15) is 22.8 Å². The molecule has 0 aliphatic rings. The number of nitrogens with one attached hydrogen (secondary N) is 1. The van der Waals surface area contributed by atoms with Crippen molar-refractivity contribution in [1.82, 2.24) is 0 Å². The molecule has 0 bridgehead atoms. The highest BCUT2D eigenvalue weighted by Gasteiger charge is 2.28. The molecule has 10 nitrogen and oxygen atoms in total. The highest BCUT2D eigenvalue weighted by atomic mass is 32.2. The number of hydrogen-bond acceptors (Lipinski definition) is 8. The first-order valence-electron chi connectivity index (χ1n) is 12.7. The second-order valence-electron chi connectivity index (χ2n) is 9.03. The number of ether oxygens (including phenoxy) is 3. The Morgan fingerprint density at radius 1 is 0.762 bits per heavy atom. The zero-order chi connectivity index (χ0) is 30.3. The summed E-state index contributed by atoms with van der Waals surface area (Å²) in [7, 11) is -1.86. The smallest absolute Gasteiger partial charge is 0.339 e. The minimum Gasteiger partial charge on any atom is -0.465 e. The molecule has 0 atom stereocenters. The number of methoxy groups -OCH3 is 2. The van der Waals surface area contributed by atoms with Gasteiger partial charge in [-0.2, -0.15) is 0 Å². The number of nitrogens with zero attached hydrogens (tertiary/aromatic N) is 1. The molecule has 4 aromatic rings. The number of sulfonamides is 1. The van der Waals surface area contributed by atoms with Crippen LogP contribution in [-0.2, 0) is 24.3 Å². The van der Waals surface area contributed by atoms with Crippen molar-refractivity contribution < 1.29 is 37.0 Å². The summed E-state index contributed by atoms with van der Waals surface area (Å²) in [5, 5.41) is 2.54. The first-order valence-corrected chi connectivity index (χ1v) is 14.1. The summed E-state index contributed by atoms with van der Waals surface area (Å²) >= 11 is 0. The predicted octanol–water partition coefficient (Wildman–Crippen LogP) is 5.19.